The molecule has 10 aromatic carbocycles. The van der Waals surface area contributed by atoms with Crippen LogP contribution < -0.4 is 4.90 Å². The molecule has 3 heteroatoms. The van der Waals surface area contributed by atoms with Gasteiger partial charge in [-0.2, -0.15) is 0 Å². The molecule has 0 spiro atoms. The van der Waals surface area contributed by atoms with E-state index < -0.39 is 0 Å². The van der Waals surface area contributed by atoms with Gasteiger partial charge in [0.1, 0.15) is 0 Å². The molecule has 1 nitrogen and oxygen atoms in total. The first-order chi connectivity index (χ1) is 31.2. The Kier molecular flexibility index (Phi) is 9.29. The SMILES string of the molecule is c1ccc(-c2ccc(N(c3cccc4c3sc3cc(-c5ccccc5)ccc34)c3ccc(-c4ccccc4)c4sc5cc(-c6ccccc6)ccc5c34)c(-c3ccccc3)c2)cc1. The smallest absolute Gasteiger partial charge is 0.0640 e. The van der Waals surface area contributed by atoms with Gasteiger partial charge in [0.2, 0.25) is 0 Å². The number of hydrogen-bond donors (Lipinski definition) is 0. The second-order valence-corrected chi connectivity index (χ2v) is 18.1. The van der Waals surface area contributed by atoms with Crippen LogP contribution in [0, 0.1) is 0 Å². The summed E-state index contributed by atoms with van der Waals surface area (Å²) in [6, 6.07) is 86.6. The zero-order valence-electron chi connectivity index (χ0n) is 34.3. The van der Waals surface area contributed by atoms with Crippen LogP contribution in [-0.4, -0.2) is 0 Å². The Balaban J connectivity index is 1.17. The fraction of sp³-hybridized carbons (Fsp3) is 0. The third-order valence-electron chi connectivity index (χ3n) is 12.3. The van der Waals surface area contributed by atoms with Gasteiger partial charge in [-0.25, -0.2) is 0 Å². The highest BCUT2D eigenvalue weighted by Crippen LogP contribution is 2.53. The molecule has 0 saturated carbocycles. The van der Waals surface area contributed by atoms with Crippen molar-refractivity contribution in [1.29, 1.82) is 0 Å². The Morgan fingerprint density at radius 2 is 0.714 bits per heavy atom. The molecule has 2 aromatic heterocycles. The molecule has 0 aliphatic heterocycles. The molecule has 0 aliphatic carbocycles. The summed E-state index contributed by atoms with van der Waals surface area (Å²) in [5.74, 6) is 0. The van der Waals surface area contributed by atoms with Crippen LogP contribution in [0.3, 0.4) is 0 Å². The molecule has 12 rings (SSSR count). The van der Waals surface area contributed by atoms with Crippen molar-refractivity contribution in [3.05, 3.63) is 237 Å². The van der Waals surface area contributed by atoms with E-state index in [-0.39, 0.29) is 0 Å². The highest BCUT2D eigenvalue weighted by atomic mass is 32.1. The van der Waals surface area contributed by atoms with Crippen molar-refractivity contribution in [1.82, 2.24) is 0 Å². The van der Waals surface area contributed by atoms with Gasteiger partial charge in [0.25, 0.3) is 0 Å². The number of anilines is 3. The fourth-order valence-corrected chi connectivity index (χ4v) is 11.8. The van der Waals surface area contributed by atoms with E-state index in [1.807, 2.05) is 22.7 Å². The van der Waals surface area contributed by atoms with E-state index >= 15 is 0 Å². The number of hydrogen-bond acceptors (Lipinski definition) is 3. The number of benzene rings is 10. The average Bonchev–Trinajstić information content (AvgIpc) is 3.94. The lowest BCUT2D eigenvalue weighted by Gasteiger charge is -2.30. The molecule has 0 saturated heterocycles. The highest BCUT2D eigenvalue weighted by Gasteiger charge is 2.26. The molecule has 0 aliphatic rings. The first kappa shape index (κ1) is 37.2. The maximum atomic E-state index is 2.57. The van der Waals surface area contributed by atoms with Crippen LogP contribution in [-0.2, 0) is 0 Å². The minimum atomic E-state index is 1.13. The third-order valence-corrected chi connectivity index (χ3v) is 14.7. The van der Waals surface area contributed by atoms with Crippen LogP contribution in [0.25, 0.3) is 96.0 Å². The van der Waals surface area contributed by atoms with Gasteiger partial charge in [-0.05, 0) is 86.5 Å². The number of nitrogens with zero attached hydrogens (tertiary/aromatic N) is 1. The number of fused-ring (bicyclic) bond motifs is 6. The Labute approximate surface area is 375 Å². The van der Waals surface area contributed by atoms with Gasteiger partial charge in [-0.3, -0.25) is 0 Å². The molecule has 2 heterocycles. The van der Waals surface area contributed by atoms with E-state index in [4.69, 9.17) is 0 Å². The second-order valence-electron chi connectivity index (χ2n) is 16.0. The second kappa shape index (κ2) is 15.7. The summed E-state index contributed by atoms with van der Waals surface area (Å²) < 4.78 is 5.09. The molecule has 0 unspecified atom stereocenters. The summed E-state index contributed by atoms with van der Waals surface area (Å²) in [5, 5.41) is 5.05. The molecule has 0 bridgehead atoms. The van der Waals surface area contributed by atoms with Crippen LogP contribution in [0.2, 0.25) is 0 Å². The molecule has 0 N–H and O–H groups in total. The fourth-order valence-electron chi connectivity index (χ4n) is 9.25. The number of rotatable bonds is 8. The summed E-state index contributed by atoms with van der Waals surface area (Å²) in [4.78, 5) is 2.57. The molecular formula is C60H39NS2. The predicted octanol–water partition coefficient (Wildman–Crippen LogP) is 18.2. The van der Waals surface area contributed by atoms with E-state index in [1.165, 1.54) is 96.0 Å². The van der Waals surface area contributed by atoms with Gasteiger partial charge in [0.05, 0.1) is 21.8 Å². The Bertz CT molecular complexity index is 3590. The average molecular weight is 838 g/mol. The molecule has 12 aromatic rings. The van der Waals surface area contributed by atoms with Crippen molar-refractivity contribution in [2.45, 2.75) is 0 Å². The Morgan fingerprint density at radius 3 is 1.30 bits per heavy atom. The van der Waals surface area contributed by atoms with Crippen LogP contribution >= 0.6 is 22.7 Å². The number of thiophene rings is 2. The first-order valence-electron chi connectivity index (χ1n) is 21.4. The van der Waals surface area contributed by atoms with Gasteiger partial charge in [0, 0.05) is 41.2 Å². The standard InChI is InChI=1S/C60H39NS2/c1-6-17-40(18-7-1)45-31-35-53(52(37-45)44-25-14-5-15-26-44)61(55-28-16-27-50-49-32-29-46(38-56(49)62-59(50)55)41-19-8-2-9-20-41)54-36-34-48(43-23-12-4-13-24-43)60-58(54)51-33-30-47(39-57(51)63-60)42-21-10-3-11-22-42/h1-39H. The monoisotopic (exact) mass is 837 g/mol. The summed E-state index contributed by atoms with van der Waals surface area (Å²) in [5.41, 5.74) is 15.5. The maximum absolute atomic E-state index is 2.57. The molecule has 0 atom stereocenters. The van der Waals surface area contributed by atoms with Gasteiger partial charge >= 0.3 is 0 Å². The lowest BCUT2D eigenvalue weighted by atomic mass is 9.95. The zero-order chi connectivity index (χ0) is 41.7. The lowest BCUT2D eigenvalue weighted by molar-refractivity contribution is 1.32. The minimum absolute atomic E-state index is 1.13. The molecule has 0 fully saturated rings. The van der Waals surface area contributed by atoms with Crippen molar-refractivity contribution in [3.63, 3.8) is 0 Å². The van der Waals surface area contributed by atoms with Crippen molar-refractivity contribution < 1.29 is 0 Å². The van der Waals surface area contributed by atoms with Crippen molar-refractivity contribution in [2.75, 3.05) is 4.90 Å². The molecule has 296 valence electrons. The van der Waals surface area contributed by atoms with Gasteiger partial charge in [-0.15, -0.1) is 22.7 Å². The zero-order valence-corrected chi connectivity index (χ0v) is 35.9. The normalized spacial score (nSPS) is 11.5. The quantitative estimate of drug-likeness (QED) is 0.147. The molecule has 0 amide bonds. The van der Waals surface area contributed by atoms with Crippen LogP contribution in [0.5, 0.6) is 0 Å². The van der Waals surface area contributed by atoms with Crippen molar-refractivity contribution in [3.8, 4) is 55.6 Å². The summed E-state index contributed by atoms with van der Waals surface area (Å²) in [6.45, 7) is 0. The molecular weight excluding hydrogens is 799 g/mol. The molecule has 63 heavy (non-hydrogen) atoms. The lowest BCUT2D eigenvalue weighted by Crippen LogP contribution is -2.12. The maximum Gasteiger partial charge on any atom is 0.0640 e. The summed E-state index contributed by atoms with van der Waals surface area (Å²) >= 11 is 3.79. The van der Waals surface area contributed by atoms with E-state index in [0.29, 0.717) is 0 Å². The topological polar surface area (TPSA) is 3.24 Å². The van der Waals surface area contributed by atoms with E-state index in [1.54, 1.807) is 0 Å². The van der Waals surface area contributed by atoms with Crippen molar-refractivity contribution >= 4 is 80.1 Å². The van der Waals surface area contributed by atoms with E-state index in [2.05, 4.69) is 241 Å². The van der Waals surface area contributed by atoms with Gasteiger partial charge in [0.15, 0.2) is 0 Å². The van der Waals surface area contributed by atoms with Crippen LogP contribution in [0.15, 0.2) is 237 Å². The third kappa shape index (κ3) is 6.61. The Morgan fingerprint density at radius 1 is 0.254 bits per heavy atom. The summed E-state index contributed by atoms with van der Waals surface area (Å²) in [6.07, 6.45) is 0. The van der Waals surface area contributed by atoms with Crippen LogP contribution in [0.1, 0.15) is 0 Å². The summed E-state index contributed by atoms with van der Waals surface area (Å²) in [7, 11) is 0. The predicted molar refractivity (Wildman–Crippen MR) is 274 cm³/mol. The minimum Gasteiger partial charge on any atom is -0.308 e. The van der Waals surface area contributed by atoms with Crippen LogP contribution in [0.4, 0.5) is 17.1 Å². The van der Waals surface area contributed by atoms with Gasteiger partial charge < -0.3 is 4.90 Å². The largest absolute Gasteiger partial charge is 0.308 e. The van der Waals surface area contributed by atoms with Crippen molar-refractivity contribution in [2.24, 2.45) is 0 Å². The van der Waals surface area contributed by atoms with E-state index in [9.17, 15) is 0 Å². The molecule has 0 radical (unpaired) electrons. The van der Waals surface area contributed by atoms with Gasteiger partial charge in [-0.1, -0.05) is 200 Å². The Hall–Kier alpha value is -7.56. The first-order valence-corrected chi connectivity index (χ1v) is 23.0. The highest BCUT2D eigenvalue weighted by molar-refractivity contribution is 7.27. The van der Waals surface area contributed by atoms with E-state index in [0.717, 1.165) is 17.1 Å².